The van der Waals surface area contributed by atoms with Gasteiger partial charge in [-0.25, -0.2) is 4.98 Å². The van der Waals surface area contributed by atoms with Gasteiger partial charge in [-0.3, -0.25) is 0 Å². The number of nitrogen functional groups attached to an aromatic ring is 2. The lowest BCUT2D eigenvalue weighted by Crippen LogP contribution is -1.93. The molecule has 3 nitrogen and oxygen atoms in total. The molecule has 1 aromatic heterocycles. The molecule has 0 atom stereocenters. The van der Waals surface area contributed by atoms with Crippen LogP contribution in [0.25, 0.3) is 21.8 Å². The van der Waals surface area contributed by atoms with Gasteiger partial charge in [-0.1, -0.05) is 0 Å². The van der Waals surface area contributed by atoms with Gasteiger partial charge in [0, 0.05) is 22.1 Å². The Morgan fingerprint density at radius 2 is 1.10 bits per heavy atom. The van der Waals surface area contributed by atoms with Crippen LogP contribution >= 0.6 is 24.8 Å². The van der Waals surface area contributed by atoms with Crippen molar-refractivity contribution in [1.82, 2.24) is 4.98 Å². The van der Waals surface area contributed by atoms with E-state index in [0.717, 1.165) is 44.3 Å². The molecule has 0 aliphatic rings. The average Bonchev–Trinajstić information content (AvgIpc) is 2.31. The Kier molecular flexibility index (Phi) is 4.69. The Bertz CT molecular complexity index is 656. The Morgan fingerprint density at radius 1 is 0.700 bits per heavy atom. The Labute approximate surface area is 130 Å². The highest BCUT2D eigenvalue weighted by atomic mass is 35.5. The minimum Gasteiger partial charge on any atom is -0.398 e. The van der Waals surface area contributed by atoms with Crippen molar-refractivity contribution in [3.05, 3.63) is 41.5 Å². The molecule has 3 aromatic rings. The lowest BCUT2D eigenvalue weighted by atomic mass is 10.1. The zero-order valence-corrected chi connectivity index (χ0v) is 12.9. The van der Waals surface area contributed by atoms with E-state index in [4.69, 9.17) is 11.5 Å². The predicted molar refractivity (Wildman–Crippen MR) is 92.0 cm³/mol. The summed E-state index contributed by atoms with van der Waals surface area (Å²) in [6, 6.07) is 10.1. The molecular formula is C15H17Cl2N3. The molecule has 5 heteroatoms. The van der Waals surface area contributed by atoms with Crippen molar-refractivity contribution in [2.75, 3.05) is 11.5 Å². The van der Waals surface area contributed by atoms with Crippen LogP contribution in [0.3, 0.4) is 0 Å². The van der Waals surface area contributed by atoms with Crippen LogP contribution in [0.4, 0.5) is 11.4 Å². The molecule has 2 aromatic carbocycles. The normalized spacial score (nSPS) is 10.1. The van der Waals surface area contributed by atoms with E-state index in [9.17, 15) is 0 Å². The summed E-state index contributed by atoms with van der Waals surface area (Å²) >= 11 is 0. The molecule has 0 amide bonds. The molecule has 0 spiro atoms. The highest BCUT2D eigenvalue weighted by Gasteiger charge is 2.04. The quantitative estimate of drug-likeness (QED) is 0.487. The topological polar surface area (TPSA) is 64.9 Å². The van der Waals surface area contributed by atoms with Crippen LogP contribution in [0.2, 0.25) is 0 Å². The molecule has 0 fully saturated rings. The van der Waals surface area contributed by atoms with Crippen molar-refractivity contribution in [2.24, 2.45) is 0 Å². The van der Waals surface area contributed by atoms with Gasteiger partial charge in [0.15, 0.2) is 0 Å². The molecule has 0 unspecified atom stereocenters. The fourth-order valence-electron chi connectivity index (χ4n) is 2.19. The molecule has 4 N–H and O–H groups in total. The van der Waals surface area contributed by atoms with Gasteiger partial charge in [0.05, 0.1) is 11.0 Å². The average molecular weight is 310 g/mol. The SMILES string of the molecule is Cc1cc2cc3cc(C)c(N)cc3nc2cc1N.Cl.Cl. The lowest BCUT2D eigenvalue weighted by molar-refractivity contribution is 1.43. The fourth-order valence-corrected chi connectivity index (χ4v) is 2.19. The molecule has 106 valence electrons. The number of aryl methyl sites for hydroxylation is 2. The molecular weight excluding hydrogens is 293 g/mol. The molecule has 3 rings (SSSR count). The first-order valence-electron chi connectivity index (χ1n) is 5.91. The zero-order chi connectivity index (χ0) is 12.9. The van der Waals surface area contributed by atoms with E-state index in [0.29, 0.717) is 0 Å². The van der Waals surface area contributed by atoms with E-state index >= 15 is 0 Å². The standard InChI is InChI=1S/C15H15N3.2ClH/c1-8-3-10-5-11-4-9(2)13(17)7-15(11)18-14(10)6-12(8)16;;/h3-7H,16-17H2,1-2H3;2*1H. The van der Waals surface area contributed by atoms with Crippen molar-refractivity contribution in [3.8, 4) is 0 Å². The van der Waals surface area contributed by atoms with Crippen LogP contribution in [-0.4, -0.2) is 4.98 Å². The monoisotopic (exact) mass is 309 g/mol. The van der Waals surface area contributed by atoms with E-state index < -0.39 is 0 Å². The summed E-state index contributed by atoms with van der Waals surface area (Å²) in [6.45, 7) is 4.01. The van der Waals surface area contributed by atoms with E-state index in [1.165, 1.54) is 0 Å². The fraction of sp³-hybridized carbons (Fsp3) is 0.133. The van der Waals surface area contributed by atoms with Crippen molar-refractivity contribution in [2.45, 2.75) is 13.8 Å². The Morgan fingerprint density at radius 3 is 1.50 bits per heavy atom. The molecule has 0 saturated carbocycles. The van der Waals surface area contributed by atoms with Gasteiger partial charge >= 0.3 is 0 Å². The van der Waals surface area contributed by atoms with Crippen molar-refractivity contribution in [3.63, 3.8) is 0 Å². The first-order chi connectivity index (χ1) is 8.54. The minimum atomic E-state index is 0. The Balaban J connectivity index is 0.000001000. The smallest absolute Gasteiger partial charge is 0.0730 e. The van der Waals surface area contributed by atoms with Crippen LogP contribution in [0.15, 0.2) is 30.3 Å². The van der Waals surface area contributed by atoms with Crippen LogP contribution in [-0.2, 0) is 0 Å². The zero-order valence-electron chi connectivity index (χ0n) is 11.3. The molecule has 0 radical (unpaired) electrons. The third-order valence-electron chi connectivity index (χ3n) is 3.38. The third-order valence-corrected chi connectivity index (χ3v) is 3.38. The predicted octanol–water partition coefficient (Wildman–Crippen LogP) is 4.01. The van der Waals surface area contributed by atoms with E-state index in [2.05, 4.69) is 23.2 Å². The molecule has 0 saturated heterocycles. The molecule has 1 heterocycles. The summed E-state index contributed by atoms with van der Waals surface area (Å²) < 4.78 is 0. The highest BCUT2D eigenvalue weighted by molar-refractivity contribution is 5.96. The maximum absolute atomic E-state index is 5.92. The van der Waals surface area contributed by atoms with E-state index in [-0.39, 0.29) is 24.8 Å². The number of hydrogen-bond acceptors (Lipinski definition) is 3. The number of aromatic nitrogens is 1. The van der Waals surface area contributed by atoms with Crippen LogP contribution in [0.5, 0.6) is 0 Å². The number of halogens is 2. The number of anilines is 2. The first-order valence-corrected chi connectivity index (χ1v) is 5.91. The second-order valence-electron chi connectivity index (χ2n) is 4.79. The summed E-state index contributed by atoms with van der Waals surface area (Å²) in [5, 5.41) is 2.22. The number of benzene rings is 2. The molecule has 0 bridgehead atoms. The van der Waals surface area contributed by atoms with Crippen molar-refractivity contribution < 1.29 is 0 Å². The van der Waals surface area contributed by atoms with Crippen molar-refractivity contribution >= 4 is 58.0 Å². The number of nitrogens with zero attached hydrogens (tertiary/aromatic N) is 1. The third kappa shape index (κ3) is 2.60. The molecule has 0 aliphatic carbocycles. The summed E-state index contributed by atoms with van der Waals surface area (Å²) in [4.78, 5) is 4.62. The second kappa shape index (κ2) is 5.73. The number of rotatable bonds is 0. The summed E-state index contributed by atoms with van der Waals surface area (Å²) in [5.41, 5.74) is 17.4. The maximum atomic E-state index is 5.92. The van der Waals surface area contributed by atoms with Crippen molar-refractivity contribution in [1.29, 1.82) is 0 Å². The number of nitrogens with two attached hydrogens (primary N) is 2. The van der Waals surface area contributed by atoms with Crippen LogP contribution in [0.1, 0.15) is 11.1 Å². The minimum absolute atomic E-state index is 0. The number of fused-ring (bicyclic) bond motifs is 2. The summed E-state index contributed by atoms with van der Waals surface area (Å²) in [7, 11) is 0. The Hall–Kier alpha value is -1.71. The van der Waals surface area contributed by atoms with Gasteiger partial charge < -0.3 is 11.5 Å². The number of pyridine rings is 1. The summed E-state index contributed by atoms with van der Waals surface area (Å²) in [6.07, 6.45) is 0. The van der Waals surface area contributed by atoms with Crippen LogP contribution < -0.4 is 11.5 Å². The van der Waals surface area contributed by atoms with Gasteiger partial charge in [-0.15, -0.1) is 24.8 Å². The van der Waals surface area contributed by atoms with Crippen LogP contribution in [0, 0.1) is 13.8 Å². The molecule has 0 aliphatic heterocycles. The van der Waals surface area contributed by atoms with E-state index in [1.54, 1.807) is 0 Å². The second-order valence-corrected chi connectivity index (χ2v) is 4.79. The van der Waals surface area contributed by atoms with E-state index in [1.807, 2.05) is 26.0 Å². The van der Waals surface area contributed by atoms with Gasteiger partial charge in [-0.05, 0) is 55.3 Å². The first kappa shape index (κ1) is 16.3. The highest BCUT2D eigenvalue weighted by Crippen LogP contribution is 2.26. The molecule has 20 heavy (non-hydrogen) atoms. The summed E-state index contributed by atoms with van der Waals surface area (Å²) in [5.74, 6) is 0. The van der Waals surface area contributed by atoms with Gasteiger partial charge in [0.25, 0.3) is 0 Å². The van der Waals surface area contributed by atoms with Gasteiger partial charge in [-0.2, -0.15) is 0 Å². The maximum Gasteiger partial charge on any atom is 0.0730 e. The number of hydrogen-bond donors (Lipinski definition) is 2. The van der Waals surface area contributed by atoms with Gasteiger partial charge in [0.2, 0.25) is 0 Å². The lowest BCUT2D eigenvalue weighted by Gasteiger charge is -2.07. The van der Waals surface area contributed by atoms with Gasteiger partial charge in [0.1, 0.15) is 0 Å². The largest absolute Gasteiger partial charge is 0.398 e.